The van der Waals surface area contributed by atoms with Gasteiger partial charge < -0.3 is 10.1 Å². The molecular weight excluding hydrogens is 460 g/mol. The number of rotatable bonds is 7. The van der Waals surface area contributed by atoms with Gasteiger partial charge in [-0.3, -0.25) is 4.79 Å². The number of amides is 1. The maximum absolute atomic E-state index is 13.0. The molecular formula is C25H27ClN2O4S. The Morgan fingerprint density at radius 3 is 2.61 bits per heavy atom. The van der Waals surface area contributed by atoms with Crippen LogP contribution in [0.4, 0.5) is 0 Å². The van der Waals surface area contributed by atoms with Crippen molar-refractivity contribution in [1.29, 1.82) is 0 Å². The van der Waals surface area contributed by atoms with Crippen LogP contribution < -0.4 is 10.1 Å². The summed E-state index contributed by atoms with van der Waals surface area (Å²) < 4.78 is 33.4. The van der Waals surface area contributed by atoms with E-state index in [1.165, 1.54) is 22.5 Å². The molecule has 174 valence electrons. The minimum Gasteiger partial charge on any atom is -0.491 e. The number of nitrogens with zero attached hydrogens (tertiary/aromatic N) is 1. The highest BCUT2D eigenvalue weighted by Gasteiger charge is 2.29. The van der Waals surface area contributed by atoms with Gasteiger partial charge >= 0.3 is 0 Å². The van der Waals surface area contributed by atoms with Crippen molar-refractivity contribution in [1.82, 2.24) is 9.62 Å². The molecule has 1 aliphatic rings. The predicted molar refractivity (Wildman–Crippen MR) is 130 cm³/mol. The Labute approximate surface area is 199 Å². The summed E-state index contributed by atoms with van der Waals surface area (Å²) >= 11 is 6.22. The number of halogens is 1. The Morgan fingerprint density at radius 1 is 1.09 bits per heavy atom. The molecule has 8 heteroatoms. The number of benzene rings is 3. The van der Waals surface area contributed by atoms with Gasteiger partial charge in [-0.25, -0.2) is 8.42 Å². The zero-order valence-corrected chi connectivity index (χ0v) is 20.0. The van der Waals surface area contributed by atoms with E-state index in [1.807, 2.05) is 42.5 Å². The fourth-order valence-electron chi connectivity index (χ4n) is 3.96. The lowest BCUT2D eigenvalue weighted by Crippen LogP contribution is -2.38. The molecule has 1 amide bonds. The molecule has 0 radical (unpaired) electrons. The molecule has 0 saturated carbocycles. The Morgan fingerprint density at radius 2 is 1.82 bits per heavy atom. The van der Waals surface area contributed by atoms with Gasteiger partial charge in [-0.2, -0.15) is 4.31 Å². The number of ether oxygens (including phenoxy) is 1. The minimum absolute atomic E-state index is 0.0820. The van der Waals surface area contributed by atoms with Crippen molar-refractivity contribution in [2.75, 3.05) is 26.2 Å². The molecule has 3 aromatic rings. The SMILES string of the molecule is CC1CCN(S(=O)(=O)c2ccc(Cl)c(C(=O)NCCOc3cccc4ccccc34)c2)CC1. The molecule has 1 N–H and O–H groups in total. The second-order valence-corrected chi connectivity index (χ2v) is 10.7. The molecule has 0 spiro atoms. The third-order valence-corrected chi connectivity index (χ3v) is 8.18. The van der Waals surface area contributed by atoms with E-state index >= 15 is 0 Å². The first kappa shape index (κ1) is 23.5. The van der Waals surface area contributed by atoms with Gasteiger partial charge in [0.05, 0.1) is 22.0 Å². The number of fused-ring (bicyclic) bond motifs is 1. The van der Waals surface area contributed by atoms with Crippen LogP contribution in [0.15, 0.2) is 65.6 Å². The van der Waals surface area contributed by atoms with Crippen molar-refractivity contribution in [2.45, 2.75) is 24.7 Å². The fraction of sp³-hybridized carbons (Fsp3) is 0.320. The monoisotopic (exact) mass is 486 g/mol. The summed E-state index contributed by atoms with van der Waals surface area (Å²) in [6, 6.07) is 18.0. The molecule has 0 bridgehead atoms. The van der Waals surface area contributed by atoms with Crippen molar-refractivity contribution in [3.8, 4) is 5.75 Å². The molecule has 6 nitrogen and oxygen atoms in total. The number of carbonyl (C=O) groups is 1. The lowest BCUT2D eigenvalue weighted by Gasteiger charge is -2.29. The van der Waals surface area contributed by atoms with Gasteiger partial charge in [0.1, 0.15) is 12.4 Å². The van der Waals surface area contributed by atoms with Crippen molar-refractivity contribution < 1.29 is 17.9 Å². The molecule has 1 saturated heterocycles. The average molecular weight is 487 g/mol. The second kappa shape index (κ2) is 10.1. The van der Waals surface area contributed by atoms with Crippen molar-refractivity contribution >= 4 is 38.3 Å². The molecule has 1 heterocycles. The number of piperidine rings is 1. The van der Waals surface area contributed by atoms with Gasteiger partial charge in [-0.15, -0.1) is 0 Å². The number of nitrogens with one attached hydrogen (secondary N) is 1. The second-order valence-electron chi connectivity index (χ2n) is 8.31. The largest absolute Gasteiger partial charge is 0.491 e. The summed E-state index contributed by atoms with van der Waals surface area (Å²) in [6.45, 7) is 3.61. The summed E-state index contributed by atoms with van der Waals surface area (Å²) in [5.74, 6) is 0.814. The highest BCUT2D eigenvalue weighted by atomic mass is 35.5. The maximum Gasteiger partial charge on any atom is 0.252 e. The summed E-state index contributed by atoms with van der Waals surface area (Å²) in [5.41, 5.74) is 0.133. The Balaban J connectivity index is 1.40. The van der Waals surface area contributed by atoms with Crippen LogP contribution in [0.1, 0.15) is 30.1 Å². The Hall–Kier alpha value is -2.61. The lowest BCUT2D eigenvalue weighted by atomic mass is 10.0. The van der Waals surface area contributed by atoms with E-state index < -0.39 is 15.9 Å². The topological polar surface area (TPSA) is 75.7 Å². The van der Waals surface area contributed by atoms with E-state index in [1.54, 1.807) is 0 Å². The van der Waals surface area contributed by atoms with Crippen molar-refractivity contribution in [3.05, 3.63) is 71.2 Å². The van der Waals surface area contributed by atoms with Gasteiger partial charge in [0.25, 0.3) is 5.91 Å². The van der Waals surface area contributed by atoms with Crippen LogP contribution in [0.5, 0.6) is 5.75 Å². The molecule has 33 heavy (non-hydrogen) atoms. The molecule has 4 rings (SSSR count). The van der Waals surface area contributed by atoms with E-state index in [0.717, 1.165) is 29.4 Å². The van der Waals surface area contributed by atoms with E-state index in [-0.39, 0.29) is 28.6 Å². The molecule has 0 aliphatic carbocycles. The van der Waals surface area contributed by atoms with Crippen LogP contribution in [0.25, 0.3) is 10.8 Å². The quantitative estimate of drug-likeness (QED) is 0.490. The Bertz CT molecular complexity index is 1250. The first-order chi connectivity index (χ1) is 15.9. The summed E-state index contributed by atoms with van der Waals surface area (Å²) in [7, 11) is -3.67. The molecule has 0 unspecified atom stereocenters. The van der Waals surface area contributed by atoms with Gasteiger partial charge in [0, 0.05) is 18.5 Å². The maximum atomic E-state index is 13.0. The highest BCUT2D eigenvalue weighted by molar-refractivity contribution is 7.89. The van der Waals surface area contributed by atoms with Gasteiger partial charge in [0.2, 0.25) is 10.0 Å². The van der Waals surface area contributed by atoms with Crippen molar-refractivity contribution in [3.63, 3.8) is 0 Å². The zero-order chi connectivity index (χ0) is 23.4. The number of hydrogen-bond acceptors (Lipinski definition) is 4. The van der Waals surface area contributed by atoms with E-state index in [2.05, 4.69) is 12.2 Å². The molecule has 3 aromatic carbocycles. The van der Waals surface area contributed by atoms with Crippen LogP contribution in [0.3, 0.4) is 0 Å². The van der Waals surface area contributed by atoms with Crippen LogP contribution >= 0.6 is 11.6 Å². The smallest absolute Gasteiger partial charge is 0.252 e. The highest BCUT2D eigenvalue weighted by Crippen LogP contribution is 2.27. The summed E-state index contributed by atoms with van der Waals surface area (Å²) in [4.78, 5) is 12.8. The minimum atomic E-state index is -3.67. The van der Waals surface area contributed by atoms with Crippen LogP contribution in [0.2, 0.25) is 5.02 Å². The first-order valence-electron chi connectivity index (χ1n) is 11.0. The summed E-state index contributed by atoms with van der Waals surface area (Å²) in [5, 5.41) is 5.04. The van der Waals surface area contributed by atoms with Crippen molar-refractivity contribution in [2.24, 2.45) is 5.92 Å². The molecule has 1 aliphatic heterocycles. The van der Waals surface area contributed by atoms with E-state index in [0.29, 0.717) is 19.0 Å². The molecule has 0 aromatic heterocycles. The van der Waals surface area contributed by atoms with Crippen LogP contribution in [-0.2, 0) is 10.0 Å². The van der Waals surface area contributed by atoms with E-state index in [4.69, 9.17) is 16.3 Å². The lowest BCUT2D eigenvalue weighted by molar-refractivity contribution is 0.0947. The van der Waals surface area contributed by atoms with Gasteiger partial charge in [-0.1, -0.05) is 54.9 Å². The molecule has 0 atom stereocenters. The van der Waals surface area contributed by atoms with Gasteiger partial charge in [0.15, 0.2) is 0 Å². The Kier molecular flexibility index (Phi) is 7.22. The normalized spacial score (nSPS) is 15.5. The number of sulfonamides is 1. The van der Waals surface area contributed by atoms with Gasteiger partial charge in [-0.05, 0) is 48.4 Å². The fourth-order valence-corrected chi connectivity index (χ4v) is 5.66. The number of carbonyl (C=O) groups excluding carboxylic acids is 1. The zero-order valence-electron chi connectivity index (χ0n) is 18.5. The standard InChI is InChI=1S/C25H27ClN2O4S/c1-18-11-14-28(15-12-18)33(30,31)20-9-10-23(26)22(17-20)25(29)27-13-16-32-24-8-4-6-19-5-2-3-7-21(19)24/h2-10,17-18H,11-16H2,1H3,(H,27,29). The first-order valence-corrected chi connectivity index (χ1v) is 12.9. The molecule has 1 fully saturated rings. The van der Waals surface area contributed by atoms with Crippen LogP contribution in [-0.4, -0.2) is 44.9 Å². The predicted octanol–water partition coefficient (Wildman–Crippen LogP) is 4.72. The summed E-state index contributed by atoms with van der Waals surface area (Å²) in [6.07, 6.45) is 1.66. The van der Waals surface area contributed by atoms with Crippen LogP contribution in [0, 0.1) is 5.92 Å². The average Bonchev–Trinajstić information content (AvgIpc) is 2.82. The third kappa shape index (κ3) is 5.32. The third-order valence-electron chi connectivity index (χ3n) is 5.96. The number of hydrogen-bond donors (Lipinski definition) is 1. The van der Waals surface area contributed by atoms with E-state index in [9.17, 15) is 13.2 Å².